The molecule has 0 radical (unpaired) electrons. The number of carbonyl (C=O) groups is 1. The third-order valence-electron chi connectivity index (χ3n) is 5.40. The summed E-state index contributed by atoms with van der Waals surface area (Å²) in [5.74, 6) is 3.10. The van der Waals surface area contributed by atoms with Gasteiger partial charge in [-0.25, -0.2) is 4.79 Å². The van der Waals surface area contributed by atoms with Gasteiger partial charge in [-0.05, 0) is 65.8 Å². The van der Waals surface area contributed by atoms with Crippen LogP contribution >= 0.6 is 35.1 Å². The van der Waals surface area contributed by atoms with Crippen LogP contribution in [-0.4, -0.2) is 48.3 Å². The van der Waals surface area contributed by atoms with E-state index in [1.165, 1.54) is 0 Å². The first-order chi connectivity index (χ1) is 19.5. The van der Waals surface area contributed by atoms with Crippen molar-refractivity contribution in [3.8, 4) is 33.0 Å². The number of nitrogens with one attached hydrogen (secondary N) is 1. The van der Waals surface area contributed by atoms with E-state index < -0.39 is 11.7 Å². The lowest BCUT2D eigenvalue weighted by Crippen LogP contribution is -2.34. The smallest absolute Gasteiger partial charge is 0.407 e. The van der Waals surface area contributed by atoms with Crippen LogP contribution in [0.2, 0.25) is 0 Å². The predicted octanol–water partition coefficient (Wildman–Crippen LogP) is 7.72. The van der Waals surface area contributed by atoms with Crippen molar-refractivity contribution in [2.45, 2.75) is 65.9 Å². The van der Waals surface area contributed by atoms with Gasteiger partial charge in [-0.3, -0.25) is 0 Å². The summed E-state index contributed by atoms with van der Waals surface area (Å²) < 4.78 is 27.2. The number of amides is 1. The zero-order chi connectivity index (χ0) is 30.0. The van der Waals surface area contributed by atoms with Gasteiger partial charge < -0.3 is 34.3 Å². The van der Waals surface area contributed by atoms with Crippen molar-refractivity contribution in [2.75, 3.05) is 26.3 Å². The fourth-order valence-electron chi connectivity index (χ4n) is 3.73. The van der Waals surface area contributed by atoms with Gasteiger partial charge in [-0.1, -0.05) is 39.8 Å². The van der Waals surface area contributed by atoms with Crippen molar-refractivity contribution in [3.05, 3.63) is 46.2 Å². The summed E-state index contributed by atoms with van der Waals surface area (Å²) in [6, 6.07) is 7.97. The second-order valence-electron chi connectivity index (χ2n) is 10.6. The molecule has 4 aromatic rings. The van der Waals surface area contributed by atoms with Crippen molar-refractivity contribution >= 4 is 41.2 Å². The SMILES string of the molecule is CC(C)c1c(OCCN)noc1-c1cccs1.CC(C)c1c(OCCNC(=O)OC(C)(C)C)noc1-c1cccs1.Cl. The molecular weight excluding hydrogens is 600 g/mol. The number of nitrogens with two attached hydrogens (primary N) is 1. The number of thiophene rings is 2. The van der Waals surface area contributed by atoms with Crippen LogP contribution in [0.3, 0.4) is 0 Å². The first kappa shape index (κ1) is 35.1. The van der Waals surface area contributed by atoms with Crippen molar-refractivity contribution in [1.29, 1.82) is 0 Å². The maximum absolute atomic E-state index is 11.6. The summed E-state index contributed by atoms with van der Waals surface area (Å²) in [7, 11) is 0. The molecule has 0 saturated heterocycles. The molecule has 0 saturated carbocycles. The monoisotopic (exact) mass is 640 g/mol. The van der Waals surface area contributed by atoms with Gasteiger partial charge in [0.1, 0.15) is 18.8 Å². The summed E-state index contributed by atoms with van der Waals surface area (Å²) >= 11 is 3.23. The molecule has 0 spiro atoms. The lowest BCUT2D eigenvalue weighted by atomic mass is 10.0. The Kier molecular flexibility index (Phi) is 13.8. The molecule has 4 heterocycles. The summed E-state index contributed by atoms with van der Waals surface area (Å²) in [6.45, 7) is 15.3. The molecule has 4 aromatic heterocycles. The van der Waals surface area contributed by atoms with E-state index in [0.717, 1.165) is 32.4 Å². The highest BCUT2D eigenvalue weighted by Gasteiger charge is 2.23. The molecule has 42 heavy (non-hydrogen) atoms. The molecule has 232 valence electrons. The van der Waals surface area contributed by atoms with E-state index in [9.17, 15) is 4.79 Å². The van der Waals surface area contributed by atoms with Crippen LogP contribution in [0.4, 0.5) is 4.79 Å². The van der Waals surface area contributed by atoms with Crippen LogP contribution < -0.4 is 20.5 Å². The summed E-state index contributed by atoms with van der Waals surface area (Å²) in [6.07, 6.45) is -0.463. The van der Waals surface area contributed by atoms with E-state index in [4.69, 9.17) is 29.0 Å². The largest absolute Gasteiger partial charge is 0.474 e. The second kappa shape index (κ2) is 16.5. The lowest BCUT2D eigenvalue weighted by Gasteiger charge is -2.19. The Morgan fingerprint density at radius 1 is 0.905 bits per heavy atom. The summed E-state index contributed by atoms with van der Waals surface area (Å²) in [5, 5.41) is 14.7. The number of halogens is 1. The third kappa shape index (κ3) is 10.0. The van der Waals surface area contributed by atoms with E-state index in [0.29, 0.717) is 37.4 Å². The number of nitrogens with zero attached hydrogens (tertiary/aromatic N) is 2. The third-order valence-corrected chi connectivity index (χ3v) is 7.14. The Morgan fingerprint density at radius 2 is 1.38 bits per heavy atom. The van der Waals surface area contributed by atoms with E-state index in [1.807, 2.05) is 55.8 Å². The number of rotatable bonds is 11. The molecule has 4 rings (SSSR count). The fraction of sp³-hybridized carbons (Fsp3) is 0.483. The minimum absolute atomic E-state index is 0. The zero-order valence-corrected chi connectivity index (χ0v) is 27.5. The molecule has 10 nitrogen and oxygen atoms in total. The molecule has 1 amide bonds. The number of aromatic nitrogens is 2. The van der Waals surface area contributed by atoms with E-state index in [-0.39, 0.29) is 24.9 Å². The quantitative estimate of drug-likeness (QED) is 0.158. The topological polar surface area (TPSA) is 135 Å². The molecule has 0 fully saturated rings. The van der Waals surface area contributed by atoms with Crippen LogP contribution in [0.25, 0.3) is 21.3 Å². The van der Waals surface area contributed by atoms with Crippen LogP contribution in [0, 0.1) is 0 Å². The van der Waals surface area contributed by atoms with Crippen LogP contribution in [0.1, 0.15) is 71.4 Å². The normalized spacial score (nSPS) is 11.1. The maximum atomic E-state index is 11.6. The first-order valence-corrected chi connectivity index (χ1v) is 15.3. The van der Waals surface area contributed by atoms with Crippen molar-refractivity contribution < 1.29 is 28.1 Å². The Bertz CT molecular complexity index is 1330. The summed E-state index contributed by atoms with van der Waals surface area (Å²) in [4.78, 5) is 13.7. The molecule has 13 heteroatoms. The molecule has 0 aliphatic heterocycles. The van der Waals surface area contributed by atoms with E-state index in [2.05, 4.69) is 43.3 Å². The average molecular weight is 641 g/mol. The number of hydrogen-bond acceptors (Lipinski definition) is 11. The maximum Gasteiger partial charge on any atom is 0.407 e. The van der Waals surface area contributed by atoms with Crippen molar-refractivity contribution in [1.82, 2.24) is 15.6 Å². The van der Waals surface area contributed by atoms with Gasteiger partial charge in [-0.15, -0.1) is 35.1 Å². The highest BCUT2D eigenvalue weighted by Crippen LogP contribution is 2.39. The second-order valence-corrected chi connectivity index (χ2v) is 12.5. The molecule has 0 unspecified atom stereocenters. The molecular formula is C29H41ClN4O6S2. The van der Waals surface area contributed by atoms with Crippen LogP contribution in [0.15, 0.2) is 44.1 Å². The highest BCUT2D eigenvalue weighted by atomic mass is 35.5. The average Bonchev–Trinajstić information content (AvgIpc) is 3.70. The van der Waals surface area contributed by atoms with Gasteiger partial charge in [0.15, 0.2) is 11.5 Å². The van der Waals surface area contributed by atoms with Gasteiger partial charge in [0.2, 0.25) is 0 Å². The van der Waals surface area contributed by atoms with Gasteiger partial charge in [0.05, 0.1) is 27.4 Å². The Balaban J connectivity index is 0.000000302. The lowest BCUT2D eigenvalue weighted by molar-refractivity contribution is 0.0519. The van der Waals surface area contributed by atoms with Gasteiger partial charge in [0.25, 0.3) is 11.8 Å². The molecule has 3 N–H and O–H groups in total. The van der Waals surface area contributed by atoms with Gasteiger partial charge >= 0.3 is 6.09 Å². The number of carbonyl (C=O) groups excluding carboxylic acids is 1. The van der Waals surface area contributed by atoms with E-state index >= 15 is 0 Å². The van der Waals surface area contributed by atoms with Crippen LogP contribution in [0.5, 0.6) is 11.8 Å². The Hall–Kier alpha value is -3.06. The first-order valence-electron chi connectivity index (χ1n) is 13.5. The summed E-state index contributed by atoms with van der Waals surface area (Å²) in [5.41, 5.74) is 6.86. The number of alkyl carbamates (subject to hydrolysis) is 1. The molecule has 0 bridgehead atoms. The molecule has 0 atom stereocenters. The minimum atomic E-state index is -0.516. The molecule has 0 aliphatic rings. The van der Waals surface area contributed by atoms with Gasteiger partial charge in [0, 0.05) is 6.54 Å². The fourth-order valence-corrected chi connectivity index (χ4v) is 5.16. The van der Waals surface area contributed by atoms with Crippen LogP contribution in [-0.2, 0) is 4.74 Å². The predicted molar refractivity (Wildman–Crippen MR) is 169 cm³/mol. The zero-order valence-electron chi connectivity index (χ0n) is 25.1. The van der Waals surface area contributed by atoms with E-state index in [1.54, 1.807) is 22.7 Å². The highest BCUT2D eigenvalue weighted by molar-refractivity contribution is 7.13. The standard InChI is InChI=1S/C17H24N2O4S.C12H16N2O2S.ClH/c1-11(2)13-14(12-7-6-10-24-12)23-19-15(13)21-9-8-18-16(20)22-17(3,4)5;1-8(2)10-11(9-4-3-7-17-9)16-14-12(10)15-6-5-13;/h6-7,10-11H,8-9H2,1-5H3,(H,18,20);3-4,7-8H,5-6,13H2,1-2H3;1H. The number of ether oxygens (including phenoxy) is 3. The Morgan fingerprint density at radius 3 is 1.76 bits per heavy atom. The molecule has 0 aliphatic carbocycles. The van der Waals surface area contributed by atoms with Crippen molar-refractivity contribution in [3.63, 3.8) is 0 Å². The molecule has 0 aromatic carbocycles. The minimum Gasteiger partial charge on any atom is -0.474 e. The Labute approximate surface area is 261 Å². The van der Waals surface area contributed by atoms with Gasteiger partial charge in [-0.2, -0.15) is 0 Å². The number of hydrogen-bond donors (Lipinski definition) is 2. The van der Waals surface area contributed by atoms with Crippen molar-refractivity contribution in [2.24, 2.45) is 5.73 Å².